The lowest BCUT2D eigenvalue weighted by atomic mass is 9.94. The highest BCUT2D eigenvalue weighted by Crippen LogP contribution is 2.28. The predicted octanol–water partition coefficient (Wildman–Crippen LogP) is 6.49. The van der Waals surface area contributed by atoms with Gasteiger partial charge < -0.3 is 10.2 Å². The van der Waals surface area contributed by atoms with Crippen molar-refractivity contribution in [1.29, 1.82) is 0 Å². The molecule has 1 aliphatic rings. The minimum Gasteiger partial charge on any atom is -0.344 e. The fourth-order valence-electron chi connectivity index (χ4n) is 4.88. The van der Waals surface area contributed by atoms with Crippen LogP contribution in [-0.2, 0) is 6.42 Å². The lowest BCUT2D eigenvalue weighted by Crippen LogP contribution is -2.32. The molecule has 0 atom stereocenters. The van der Waals surface area contributed by atoms with Crippen molar-refractivity contribution in [2.45, 2.75) is 58.8 Å². The zero-order valence-corrected chi connectivity index (χ0v) is 21.1. The van der Waals surface area contributed by atoms with Crippen LogP contribution in [0.5, 0.6) is 0 Å². The van der Waals surface area contributed by atoms with Crippen LogP contribution in [0.15, 0.2) is 55.5 Å². The maximum Gasteiger partial charge on any atom is 0.130 e. The van der Waals surface area contributed by atoms with Crippen molar-refractivity contribution in [3.05, 3.63) is 77.9 Å². The number of fused-ring (bicyclic) bond motifs is 1. The summed E-state index contributed by atoms with van der Waals surface area (Å²) < 4.78 is 1.97. The molecule has 3 aromatic rings. The second-order valence-corrected chi connectivity index (χ2v) is 9.76. The Morgan fingerprint density at radius 1 is 1.12 bits per heavy atom. The SMILES string of the molecule is C=C(c1ccn2ncc(CCCCCC)c2c1)c1ccc(NC(=C)C2CCN(C)CC2)nc1C. The Hall–Kier alpha value is -2.92. The van der Waals surface area contributed by atoms with E-state index in [1.165, 1.54) is 36.8 Å². The number of nitrogens with zero attached hydrogens (tertiary/aromatic N) is 4. The molecule has 0 aromatic carbocycles. The highest BCUT2D eigenvalue weighted by atomic mass is 15.2. The number of rotatable bonds is 10. The molecule has 0 unspecified atom stereocenters. The number of pyridine rings is 2. The second-order valence-electron chi connectivity index (χ2n) is 9.76. The molecule has 34 heavy (non-hydrogen) atoms. The minimum atomic E-state index is 0.506. The van der Waals surface area contributed by atoms with Crippen LogP contribution in [0.4, 0.5) is 5.82 Å². The van der Waals surface area contributed by atoms with Gasteiger partial charge in [0.05, 0.1) is 11.7 Å². The molecule has 1 fully saturated rings. The van der Waals surface area contributed by atoms with E-state index in [0.717, 1.165) is 66.3 Å². The Morgan fingerprint density at radius 2 is 1.91 bits per heavy atom. The summed E-state index contributed by atoms with van der Waals surface area (Å²) in [6.07, 6.45) is 12.4. The number of aromatic nitrogens is 3. The van der Waals surface area contributed by atoms with Crippen molar-refractivity contribution in [1.82, 2.24) is 19.5 Å². The Bertz CT molecular complexity index is 1150. The van der Waals surface area contributed by atoms with E-state index in [1.54, 1.807) is 0 Å². The Kier molecular flexibility index (Phi) is 7.84. The van der Waals surface area contributed by atoms with Crippen LogP contribution in [0.1, 0.15) is 67.8 Å². The average Bonchev–Trinajstić information content (AvgIpc) is 3.24. The van der Waals surface area contributed by atoms with Gasteiger partial charge in [-0.1, -0.05) is 39.3 Å². The summed E-state index contributed by atoms with van der Waals surface area (Å²) in [5.41, 5.74) is 7.71. The van der Waals surface area contributed by atoms with Gasteiger partial charge in [-0.25, -0.2) is 9.50 Å². The summed E-state index contributed by atoms with van der Waals surface area (Å²) >= 11 is 0. The largest absolute Gasteiger partial charge is 0.344 e. The van der Waals surface area contributed by atoms with E-state index in [2.05, 4.69) is 67.6 Å². The van der Waals surface area contributed by atoms with Crippen molar-refractivity contribution in [2.24, 2.45) is 5.92 Å². The van der Waals surface area contributed by atoms with Gasteiger partial charge in [0.15, 0.2) is 0 Å². The molecule has 0 bridgehead atoms. The van der Waals surface area contributed by atoms with Crippen LogP contribution >= 0.6 is 0 Å². The average molecular weight is 458 g/mol. The predicted molar refractivity (Wildman–Crippen MR) is 143 cm³/mol. The number of nitrogens with one attached hydrogen (secondary N) is 1. The van der Waals surface area contributed by atoms with E-state index in [4.69, 9.17) is 4.98 Å². The molecule has 1 saturated heterocycles. The van der Waals surface area contributed by atoms with Crippen LogP contribution in [0, 0.1) is 12.8 Å². The molecule has 0 spiro atoms. The van der Waals surface area contributed by atoms with Crippen LogP contribution in [0.25, 0.3) is 11.1 Å². The van der Waals surface area contributed by atoms with E-state index in [0.29, 0.717) is 5.92 Å². The molecule has 5 heteroatoms. The van der Waals surface area contributed by atoms with E-state index in [9.17, 15) is 0 Å². The fraction of sp³-hybridized carbons (Fsp3) is 0.448. The Balaban J connectivity index is 1.46. The standard InChI is InChI=1S/C29H39N5/c1-6-7-8-9-10-26-20-30-34-18-15-25(19-28(26)34)21(2)27-11-12-29(32-23(27)4)31-22(3)24-13-16-33(5)17-14-24/h11-12,15,18-20,24H,2-3,6-10,13-14,16-17H2,1,4-5H3,(H,31,32). The van der Waals surface area contributed by atoms with Gasteiger partial charge in [-0.2, -0.15) is 5.10 Å². The fourth-order valence-corrected chi connectivity index (χ4v) is 4.88. The van der Waals surface area contributed by atoms with E-state index in [-0.39, 0.29) is 0 Å². The van der Waals surface area contributed by atoms with Crippen LogP contribution in [0.2, 0.25) is 0 Å². The Morgan fingerprint density at radius 3 is 2.65 bits per heavy atom. The lowest BCUT2D eigenvalue weighted by molar-refractivity contribution is 0.239. The van der Waals surface area contributed by atoms with Gasteiger partial charge >= 0.3 is 0 Å². The topological polar surface area (TPSA) is 45.5 Å². The Labute approximate surface area is 204 Å². The first-order valence-corrected chi connectivity index (χ1v) is 12.7. The van der Waals surface area contributed by atoms with Crippen LogP contribution in [-0.4, -0.2) is 39.6 Å². The maximum atomic E-state index is 4.84. The third-order valence-corrected chi connectivity index (χ3v) is 7.16. The smallest absolute Gasteiger partial charge is 0.130 e. The summed E-state index contributed by atoms with van der Waals surface area (Å²) in [6, 6.07) is 8.49. The molecule has 0 aliphatic carbocycles. The van der Waals surface area contributed by atoms with E-state index in [1.807, 2.05) is 23.0 Å². The summed E-state index contributed by atoms with van der Waals surface area (Å²) in [5, 5.41) is 8.01. The first-order valence-electron chi connectivity index (χ1n) is 12.7. The van der Waals surface area contributed by atoms with Crippen LogP contribution < -0.4 is 5.32 Å². The first kappa shape index (κ1) is 24.2. The zero-order valence-electron chi connectivity index (χ0n) is 21.1. The van der Waals surface area contributed by atoms with Crippen molar-refractivity contribution < 1.29 is 0 Å². The van der Waals surface area contributed by atoms with Crippen LogP contribution in [0.3, 0.4) is 0 Å². The molecule has 4 rings (SSSR count). The summed E-state index contributed by atoms with van der Waals surface area (Å²) in [4.78, 5) is 7.21. The van der Waals surface area contributed by atoms with Gasteiger partial charge in [0, 0.05) is 29.1 Å². The number of piperidine rings is 1. The van der Waals surface area contributed by atoms with Crippen molar-refractivity contribution >= 4 is 16.9 Å². The zero-order chi connectivity index (χ0) is 24.1. The molecule has 1 aliphatic heterocycles. The third-order valence-electron chi connectivity index (χ3n) is 7.16. The van der Waals surface area contributed by atoms with Gasteiger partial charge in [-0.05, 0) is 93.7 Å². The van der Waals surface area contributed by atoms with Gasteiger partial charge in [0.25, 0.3) is 0 Å². The first-order chi connectivity index (χ1) is 16.5. The number of aryl methyl sites for hydroxylation is 2. The van der Waals surface area contributed by atoms with Gasteiger partial charge in [-0.3, -0.25) is 0 Å². The number of anilines is 1. The number of allylic oxidation sites excluding steroid dienone is 1. The molecular formula is C29H39N5. The summed E-state index contributed by atoms with van der Waals surface area (Å²) in [7, 11) is 2.18. The highest BCUT2D eigenvalue weighted by Gasteiger charge is 2.20. The van der Waals surface area contributed by atoms with Gasteiger partial charge in [0.1, 0.15) is 5.82 Å². The monoisotopic (exact) mass is 457 g/mol. The highest BCUT2D eigenvalue weighted by molar-refractivity contribution is 5.81. The molecule has 3 aromatic heterocycles. The quantitative estimate of drug-likeness (QED) is 0.354. The number of unbranched alkanes of at least 4 members (excludes halogenated alkanes) is 3. The van der Waals surface area contributed by atoms with E-state index < -0.39 is 0 Å². The molecule has 0 amide bonds. The number of hydrogen-bond acceptors (Lipinski definition) is 4. The lowest BCUT2D eigenvalue weighted by Gasteiger charge is -2.30. The molecule has 4 heterocycles. The minimum absolute atomic E-state index is 0.506. The third kappa shape index (κ3) is 5.58. The summed E-state index contributed by atoms with van der Waals surface area (Å²) in [6.45, 7) is 15.3. The van der Waals surface area contributed by atoms with Gasteiger partial charge in [0.2, 0.25) is 0 Å². The van der Waals surface area contributed by atoms with Crippen molar-refractivity contribution in [2.75, 3.05) is 25.5 Å². The summed E-state index contributed by atoms with van der Waals surface area (Å²) in [5.74, 6) is 1.37. The normalized spacial score (nSPS) is 15.0. The molecule has 5 nitrogen and oxygen atoms in total. The number of hydrogen-bond donors (Lipinski definition) is 1. The molecule has 0 radical (unpaired) electrons. The van der Waals surface area contributed by atoms with E-state index >= 15 is 0 Å². The van der Waals surface area contributed by atoms with Crippen molar-refractivity contribution in [3.8, 4) is 0 Å². The second kappa shape index (κ2) is 11.0. The molecular weight excluding hydrogens is 418 g/mol. The molecule has 0 saturated carbocycles. The number of likely N-dealkylation sites (tertiary alicyclic amines) is 1. The molecule has 1 N–H and O–H groups in total. The van der Waals surface area contributed by atoms with Crippen molar-refractivity contribution in [3.63, 3.8) is 0 Å². The van der Waals surface area contributed by atoms with Gasteiger partial charge in [-0.15, -0.1) is 0 Å². The molecule has 180 valence electrons. The maximum absolute atomic E-state index is 4.84.